The van der Waals surface area contributed by atoms with Gasteiger partial charge >= 0.3 is 0 Å². The van der Waals surface area contributed by atoms with Crippen LogP contribution in [0.1, 0.15) is 0 Å². The number of thiophene rings is 2. The van der Waals surface area contributed by atoms with Gasteiger partial charge in [0.1, 0.15) is 5.82 Å². The summed E-state index contributed by atoms with van der Waals surface area (Å²) in [5.74, 6) is 0.914. The number of hydrogen-bond donors (Lipinski definition) is 0. The minimum Gasteiger partial charge on any atom is -0.294 e. The molecule has 11 rings (SSSR count). The molecule has 0 unspecified atom stereocenters. The molecule has 2 nitrogen and oxygen atoms in total. The number of para-hydroxylation sites is 1. The molecule has 0 N–H and O–H groups in total. The first-order chi connectivity index (χ1) is 25.3. The van der Waals surface area contributed by atoms with Gasteiger partial charge in [-0.05, 0) is 64.7 Å². The molecule has 11 aromatic rings. The van der Waals surface area contributed by atoms with Gasteiger partial charge in [-0.15, -0.1) is 22.7 Å². The van der Waals surface area contributed by atoms with Crippen LogP contribution in [-0.2, 0) is 0 Å². The van der Waals surface area contributed by atoms with Crippen molar-refractivity contribution in [3.8, 4) is 39.3 Å². The lowest BCUT2D eigenvalue weighted by atomic mass is 10.0. The van der Waals surface area contributed by atoms with E-state index in [0.29, 0.717) is 0 Å². The molecule has 0 atom stereocenters. The Labute approximate surface area is 302 Å². The Morgan fingerprint density at radius 3 is 1.61 bits per heavy atom. The molecular weight excluding hydrogens is 657 g/mol. The van der Waals surface area contributed by atoms with E-state index in [1.165, 1.54) is 73.4 Å². The highest BCUT2D eigenvalue weighted by atomic mass is 32.1. The highest BCUT2D eigenvalue weighted by Crippen LogP contribution is 2.43. The topological polar surface area (TPSA) is 17.8 Å². The SMILES string of the molecule is c1cc(-c2ccc(-c3cccc4c3sc3ccccc34)cc2)nc(-n2c3ccccc3c3cc(-c4cccc5c4sc4ccccc45)ccc32)c1. The maximum absolute atomic E-state index is 5.28. The molecule has 0 amide bonds. The number of pyridine rings is 1. The van der Waals surface area contributed by atoms with Crippen molar-refractivity contribution in [3.63, 3.8) is 0 Å². The van der Waals surface area contributed by atoms with E-state index in [4.69, 9.17) is 4.98 Å². The van der Waals surface area contributed by atoms with Gasteiger partial charge in [0, 0.05) is 56.7 Å². The van der Waals surface area contributed by atoms with Crippen LogP contribution < -0.4 is 0 Å². The standard InChI is InChI=1S/C47H28N2S2/c1-4-18-41-34(10-1)39-28-31(33-14-8-16-38-36-12-3-6-20-44(36)51-47(33)38)26-27-42(39)49(41)45-21-9-17-40(48-45)30-24-22-29(23-25-30)32-13-7-15-37-35-11-2-5-19-43(35)50-46(32)37/h1-28H. The Hall–Kier alpha value is -6.07. The van der Waals surface area contributed by atoms with Gasteiger partial charge in [-0.2, -0.15) is 0 Å². The fourth-order valence-corrected chi connectivity index (χ4v) is 10.3. The third-order valence-corrected chi connectivity index (χ3v) is 12.7. The van der Waals surface area contributed by atoms with Crippen molar-refractivity contribution in [2.75, 3.05) is 0 Å². The number of fused-ring (bicyclic) bond motifs is 9. The molecule has 4 heteroatoms. The number of aromatic nitrogens is 2. The number of hydrogen-bond acceptors (Lipinski definition) is 3. The van der Waals surface area contributed by atoms with E-state index in [9.17, 15) is 0 Å². The normalized spacial score (nSPS) is 11.9. The first-order valence-electron chi connectivity index (χ1n) is 17.2. The highest BCUT2D eigenvalue weighted by molar-refractivity contribution is 7.26. The molecule has 0 aliphatic rings. The largest absolute Gasteiger partial charge is 0.294 e. The summed E-state index contributed by atoms with van der Waals surface area (Å²) < 4.78 is 7.64. The lowest BCUT2D eigenvalue weighted by molar-refractivity contribution is 1.08. The van der Waals surface area contributed by atoms with Gasteiger partial charge in [0.2, 0.25) is 0 Å². The molecule has 0 radical (unpaired) electrons. The van der Waals surface area contributed by atoms with Crippen LogP contribution in [0.5, 0.6) is 0 Å². The third-order valence-electron chi connectivity index (χ3n) is 10.2. The van der Waals surface area contributed by atoms with Crippen LogP contribution in [0.4, 0.5) is 0 Å². The monoisotopic (exact) mass is 684 g/mol. The van der Waals surface area contributed by atoms with E-state index in [2.05, 4.69) is 174 Å². The molecule has 4 aromatic heterocycles. The van der Waals surface area contributed by atoms with E-state index >= 15 is 0 Å². The van der Waals surface area contributed by atoms with Crippen LogP contribution in [0.3, 0.4) is 0 Å². The zero-order valence-corrected chi connectivity index (χ0v) is 29.0. The van der Waals surface area contributed by atoms with Crippen molar-refractivity contribution in [1.29, 1.82) is 0 Å². The minimum atomic E-state index is 0.914. The maximum atomic E-state index is 5.28. The molecular formula is C47H28N2S2. The van der Waals surface area contributed by atoms with Crippen LogP contribution in [-0.4, -0.2) is 9.55 Å². The van der Waals surface area contributed by atoms with E-state index < -0.39 is 0 Å². The highest BCUT2D eigenvalue weighted by Gasteiger charge is 2.17. The number of nitrogens with zero attached hydrogens (tertiary/aromatic N) is 2. The molecule has 0 saturated carbocycles. The summed E-state index contributed by atoms with van der Waals surface area (Å²) in [7, 11) is 0. The van der Waals surface area contributed by atoms with Crippen LogP contribution in [0, 0.1) is 0 Å². The van der Waals surface area contributed by atoms with Gasteiger partial charge in [0.05, 0.1) is 16.7 Å². The first kappa shape index (κ1) is 28.7. The molecule has 0 fully saturated rings. The van der Waals surface area contributed by atoms with Gasteiger partial charge in [-0.3, -0.25) is 4.57 Å². The molecule has 0 spiro atoms. The fourth-order valence-electron chi connectivity index (χ4n) is 7.87. The van der Waals surface area contributed by atoms with Crippen LogP contribution in [0.25, 0.3) is 101 Å². The van der Waals surface area contributed by atoms with Gasteiger partial charge in [-0.25, -0.2) is 4.98 Å². The van der Waals surface area contributed by atoms with E-state index in [1.807, 2.05) is 22.7 Å². The van der Waals surface area contributed by atoms with Crippen molar-refractivity contribution in [3.05, 3.63) is 170 Å². The van der Waals surface area contributed by atoms with Crippen LogP contribution in [0.15, 0.2) is 170 Å². The summed E-state index contributed by atoms with van der Waals surface area (Å²) in [6.07, 6.45) is 0. The van der Waals surface area contributed by atoms with Crippen molar-refractivity contribution >= 4 is 84.8 Å². The van der Waals surface area contributed by atoms with E-state index in [1.54, 1.807) is 0 Å². The molecule has 4 heterocycles. The Morgan fingerprint density at radius 2 is 0.902 bits per heavy atom. The molecule has 0 saturated heterocycles. The number of rotatable bonds is 4. The van der Waals surface area contributed by atoms with Gasteiger partial charge in [0.15, 0.2) is 0 Å². The lowest BCUT2D eigenvalue weighted by Crippen LogP contribution is -1.98. The zero-order chi connectivity index (χ0) is 33.5. The van der Waals surface area contributed by atoms with E-state index in [0.717, 1.165) is 28.1 Å². The summed E-state index contributed by atoms with van der Waals surface area (Å²) >= 11 is 3.75. The second-order valence-corrected chi connectivity index (χ2v) is 15.2. The summed E-state index contributed by atoms with van der Waals surface area (Å²) in [4.78, 5) is 5.28. The molecule has 7 aromatic carbocycles. The third kappa shape index (κ3) is 4.44. The minimum absolute atomic E-state index is 0.914. The molecule has 51 heavy (non-hydrogen) atoms. The lowest BCUT2D eigenvalue weighted by Gasteiger charge is -2.10. The van der Waals surface area contributed by atoms with Gasteiger partial charge in [-0.1, -0.05) is 127 Å². The van der Waals surface area contributed by atoms with Crippen LogP contribution in [0.2, 0.25) is 0 Å². The Kier molecular flexibility index (Phi) is 6.32. The second-order valence-electron chi connectivity index (χ2n) is 13.1. The maximum Gasteiger partial charge on any atom is 0.138 e. The average molecular weight is 685 g/mol. The summed E-state index contributed by atoms with van der Waals surface area (Å²) in [6, 6.07) is 61.6. The van der Waals surface area contributed by atoms with Crippen molar-refractivity contribution in [1.82, 2.24) is 9.55 Å². The fraction of sp³-hybridized carbons (Fsp3) is 0. The predicted octanol–water partition coefficient (Wildman–Crippen LogP) is 13.9. The van der Waals surface area contributed by atoms with E-state index in [-0.39, 0.29) is 0 Å². The average Bonchev–Trinajstić information content (AvgIpc) is 3.87. The summed E-state index contributed by atoms with van der Waals surface area (Å²) in [5, 5.41) is 7.75. The Bertz CT molecular complexity index is 3140. The van der Waals surface area contributed by atoms with Crippen LogP contribution >= 0.6 is 22.7 Å². The van der Waals surface area contributed by atoms with Crippen molar-refractivity contribution in [2.24, 2.45) is 0 Å². The Balaban J connectivity index is 1.01. The molecule has 0 aliphatic heterocycles. The molecule has 238 valence electrons. The summed E-state index contributed by atoms with van der Waals surface area (Å²) in [6.45, 7) is 0. The molecule has 0 aliphatic carbocycles. The van der Waals surface area contributed by atoms with Crippen molar-refractivity contribution in [2.45, 2.75) is 0 Å². The zero-order valence-electron chi connectivity index (χ0n) is 27.4. The second kappa shape index (κ2) is 11.2. The van der Waals surface area contributed by atoms with Gasteiger partial charge in [0.25, 0.3) is 0 Å². The van der Waals surface area contributed by atoms with Gasteiger partial charge < -0.3 is 0 Å². The smallest absolute Gasteiger partial charge is 0.138 e. The first-order valence-corrected chi connectivity index (χ1v) is 18.8. The van der Waals surface area contributed by atoms with Crippen molar-refractivity contribution < 1.29 is 0 Å². The predicted molar refractivity (Wildman–Crippen MR) is 221 cm³/mol. The summed E-state index contributed by atoms with van der Waals surface area (Å²) in [5.41, 5.74) is 9.37. The number of benzene rings is 7. The molecule has 0 bridgehead atoms. The Morgan fingerprint density at radius 1 is 0.373 bits per heavy atom. The quantitative estimate of drug-likeness (QED) is 0.180.